The zero-order valence-corrected chi connectivity index (χ0v) is 16.1. The summed E-state index contributed by atoms with van der Waals surface area (Å²) < 4.78 is 0. The molecule has 30 heavy (non-hydrogen) atoms. The number of hydrogen-bond donors (Lipinski definition) is 3. The number of benzene rings is 3. The summed E-state index contributed by atoms with van der Waals surface area (Å²) >= 11 is 0. The molecule has 0 saturated carbocycles. The Bertz CT molecular complexity index is 1170. The Hall–Kier alpha value is -4.20. The number of hydrogen-bond acceptors (Lipinski definition) is 4. The summed E-state index contributed by atoms with van der Waals surface area (Å²) in [5.74, 6) is -0.440. The van der Waals surface area contributed by atoms with Crippen LogP contribution in [0.1, 0.15) is 21.5 Å². The second-order valence-electron chi connectivity index (χ2n) is 6.95. The van der Waals surface area contributed by atoms with E-state index in [4.69, 9.17) is 0 Å². The van der Waals surface area contributed by atoms with E-state index < -0.39 is 10.8 Å². The largest absolute Gasteiger partial charge is 0.348 e. The maximum absolute atomic E-state index is 12.2. The third-order valence-corrected chi connectivity index (χ3v) is 4.87. The Morgan fingerprint density at radius 3 is 2.47 bits per heavy atom. The van der Waals surface area contributed by atoms with Crippen LogP contribution in [0.5, 0.6) is 0 Å². The number of anilines is 2. The molecule has 150 valence electrons. The van der Waals surface area contributed by atoms with Gasteiger partial charge in [-0.3, -0.25) is 14.9 Å². The molecule has 0 saturated heterocycles. The average Bonchev–Trinajstić information content (AvgIpc) is 3.10. The molecule has 0 aliphatic carbocycles. The number of nitrogens with one attached hydrogen (secondary N) is 3. The topological polar surface area (TPSA) is 113 Å². The first kappa shape index (κ1) is 19.1. The van der Waals surface area contributed by atoms with Crippen LogP contribution in [0.15, 0.2) is 60.7 Å². The van der Waals surface area contributed by atoms with Gasteiger partial charge in [0.15, 0.2) is 0 Å². The van der Waals surface area contributed by atoms with Gasteiger partial charge >= 0.3 is 6.03 Å². The van der Waals surface area contributed by atoms with Gasteiger partial charge in [0.1, 0.15) is 5.56 Å². The number of nitro groups is 1. The lowest BCUT2D eigenvalue weighted by Gasteiger charge is -2.11. The second-order valence-corrected chi connectivity index (χ2v) is 6.95. The highest BCUT2D eigenvalue weighted by Crippen LogP contribution is 2.35. The van der Waals surface area contributed by atoms with Crippen molar-refractivity contribution in [2.45, 2.75) is 13.5 Å². The lowest BCUT2D eigenvalue weighted by Crippen LogP contribution is -2.19. The van der Waals surface area contributed by atoms with Crippen LogP contribution in [-0.2, 0) is 6.54 Å². The molecule has 0 radical (unpaired) electrons. The van der Waals surface area contributed by atoms with E-state index in [1.807, 2.05) is 25.1 Å². The van der Waals surface area contributed by atoms with Crippen molar-refractivity contribution in [3.05, 3.63) is 87.5 Å². The first-order valence-corrected chi connectivity index (χ1v) is 9.26. The molecule has 0 aromatic heterocycles. The number of amides is 3. The Morgan fingerprint density at radius 1 is 1.03 bits per heavy atom. The van der Waals surface area contributed by atoms with Crippen molar-refractivity contribution in [3.63, 3.8) is 0 Å². The Labute approximate surface area is 172 Å². The monoisotopic (exact) mass is 402 g/mol. The molecule has 3 aromatic carbocycles. The van der Waals surface area contributed by atoms with Crippen LogP contribution >= 0.6 is 0 Å². The highest BCUT2D eigenvalue weighted by atomic mass is 16.6. The predicted octanol–water partition coefficient (Wildman–Crippen LogP) is 4.46. The van der Waals surface area contributed by atoms with Crippen LogP contribution in [0.2, 0.25) is 0 Å². The molecule has 4 rings (SSSR count). The van der Waals surface area contributed by atoms with Crippen LogP contribution in [0.3, 0.4) is 0 Å². The number of rotatable bonds is 4. The standard InChI is InChI=1S/C22H18N4O4/c1-13-3-2-4-16(11-13)25-22(28)24-15-7-5-14(6-8-15)17-9-10-19(26(29)30)20-18(17)12-23-21(20)27/h2-11H,12H2,1H3,(H,23,27)(H2,24,25,28). The van der Waals surface area contributed by atoms with Crippen molar-refractivity contribution < 1.29 is 14.5 Å². The van der Waals surface area contributed by atoms with Gasteiger partial charge in [-0.1, -0.05) is 24.3 Å². The van der Waals surface area contributed by atoms with E-state index in [-0.39, 0.29) is 23.8 Å². The number of aryl methyl sites for hydroxylation is 1. The Kier molecular flexibility index (Phi) is 4.89. The molecule has 0 spiro atoms. The van der Waals surface area contributed by atoms with Gasteiger partial charge in [0, 0.05) is 24.0 Å². The van der Waals surface area contributed by atoms with E-state index in [0.29, 0.717) is 16.9 Å². The lowest BCUT2D eigenvalue weighted by atomic mass is 9.95. The van der Waals surface area contributed by atoms with E-state index in [1.54, 1.807) is 36.4 Å². The molecule has 3 aromatic rings. The molecule has 0 unspecified atom stereocenters. The van der Waals surface area contributed by atoms with Crippen LogP contribution in [-0.4, -0.2) is 16.9 Å². The number of urea groups is 1. The SMILES string of the molecule is Cc1cccc(NC(=O)Nc2ccc(-c3ccc([N+](=O)[O-])c4c3CNC4=O)cc2)c1. The molecule has 8 nitrogen and oxygen atoms in total. The Balaban J connectivity index is 1.54. The van der Waals surface area contributed by atoms with Crippen molar-refractivity contribution >= 4 is 29.0 Å². The zero-order valence-electron chi connectivity index (χ0n) is 16.1. The fourth-order valence-corrected chi connectivity index (χ4v) is 3.50. The summed E-state index contributed by atoms with van der Waals surface area (Å²) in [5.41, 5.74) is 4.38. The molecule has 0 bridgehead atoms. The maximum Gasteiger partial charge on any atom is 0.323 e. The molecule has 8 heteroatoms. The molecule has 0 atom stereocenters. The lowest BCUT2D eigenvalue weighted by molar-refractivity contribution is -0.385. The molecule has 3 amide bonds. The van der Waals surface area contributed by atoms with E-state index in [2.05, 4.69) is 16.0 Å². The highest BCUT2D eigenvalue weighted by Gasteiger charge is 2.31. The van der Waals surface area contributed by atoms with Crippen molar-refractivity contribution in [1.29, 1.82) is 0 Å². The van der Waals surface area contributed by atoms with E-state index in [1.165, 1.54) is 6.07 Å². The minimum atomic E-state index is -0.548. The van der Waals surface area contributed by atoms with Crippen LogP contribution in [0.25, 0.3) is 11.1 Å². The predicted molar refractivity (Wildman–Crippen MR) is 114 cm³/mol. The minimum Gasteiger partial charge on any atom is -0.348 e. The number of carbonyl (C=O) groups is 2. The first-order valence-electron chi connectivity index (χ1n) is 9.26. The summed E-state index contributed by atoms with van der Waals surface area (Å²) in [7, 11) is 0. The fraction of sp³-hybridized carbons (Fsp3) is 0.0909. The van der Waals surface area contributed by atoms with Crippen molar-refractivity contribution in [1.82, 2.24) is 5.32 Å². The van der Waals surface area contributed by atoms with Gasteiger partial charge in [-0.05, 0) is 59.5 Å². The molecule has 3 N–H and O–H groups in total. The molecular formula is C22H18N4O4. The number of fused-ring (bicyclic) bond motifs is 1. The average molecular weight is 402 g/mol. The van der Waals surface area contributed by atoms with Crippen LogP contribution in [0, 0.1) is 17.0 Å². The minimum absolute atomic E-state index is 0.109. The van der Waals surface area contributed by atoms with Gasteiger partial charge < -0.3 is 16.0 Å². The van der Waals surface area contributed by atoms with Crippen LogP contribution in [0.4, 0.5) is 21.9 Å². The maximum atomic E-state index is 12.2. The van der Waals surface area contributed by atoms with E-state index in [0.717, 1.165) is 16.7 Å². The fourth-order valence-electron chi connectivity index (χ4n) is 3.50. The van der Waals surface area contributed by atoms with Crippen molar-refractivity contribution in [2.75, 3.05) is 10.6 Å². The number of nitro benzene ring substituents is 1. The van der Waals surface area contributed by atoms with Gasteiger partial charge in [-0.15, -0.1) is 0 Å². The smallest absolute Gasteiger partial charge is 0.323 e. The summed E-state index contributed by atoms with van der Waals surface area (Å²) in [4.78, 5) is 34.9. The summed E-state index contributed by atoms with van der Waals surface area (Å²) in [6, 6.07) is 17.2. The third kappa shape index (κ3) is 3.70. The van der Waals surface area contributed by atoms with Crippen molar-refractivity contribution in [3.8, 4) is 11.1 Å². The second kappa shape index (κ2) is 7.67. The van der Waals surface area contributed by atoms with Gasteiger partial charge in [-0.25, -0.2) is 4.79 Å². The summed E-state index contributed by atoms with van der Waals surface area (Å²) in [5, 5.41) is 19.4. The quantitative estimate of drug-likeness (QED) is 0.442. The van der Waals surface area contributed by atoms with Gasteiger partial charge in [0.2, 0.25) is 0 Å². The van der Waals surface area contributed by atoms with Gasteiger partial charge in [0.05, 0.1) is 4.92 Å². The van der Waals surface area contributed by atoms with Crippen LogP contribution < -0.4 is 16.0 Å². The first-order chi connectivity index (χ1) is 14.4. The van der Waals surface area contributed by atoms with Crippen molar-refractivity contribution in [2.24, 2.45) is 0 Å². The third-order valence-electron chi connectivity index (χ3n) is 4.87. The van der Waals surface area contributed by atoms with E-state index in [9.17, 15) is 19.7 Å². The highest BCUT2D eigenvalue weighted by molar-refractivity contribution is 6.04. The molecule has 1 aliphatic rings. The zero-order chi connectivity index (χ0) is 21.3. The molecular weight excluding hydrogens is 384 g/mol. The van der Waals surface area contributed by atoms with E-state index >= 15 is 0 Å². The van der Waals surface area contributed by atoms with Gasteiger partial charge in [0.25, 0.3) is 11.6 Å². The van der Waals surface area contributed by atoms with Gasteiger partial charge in [-0.2, -0.15) is 0 Å². The molecule has 0 fully saturated rings. The summed E-state index contributed by atoms with van der Waals surface area (Å²) in [6.45, 7) is 2.18. The molecule has 1 heterocycles. The Morgan fingerprint density at radius 2 is 1.77 bits per heavy atom. The normalized spacial score (nSPS) is 12.1. The number of nitrogens with zero attached hydrogens (tertiary/aromatic N) is 1. The molecule has 1 aliphatic heterocycles. The number of carbonyl (C=O) groups excluding carboxylic acids is 2. The summed E-state index contributed by atoms with van der Waals surface area (Å²) in [6.07, 6.45) is 0.